The predicted octanol–water partition coefficient (Wildman–Crippen LogP) is 3.96. The number of benzene rings is 1. The fraction of sp³-hybridized carbons (Fsp3) is 0.619. The quantitative estimate of drug-likeness (QED) is 0.379. The molecule has 0 aliphatic heterocycles. The van der Waals surface area contributed by atoms with Crippen molar-refractivity contribution in [2.24, 2.45) is 5.92 Å². The van der Waals surface area contributed by atoms with Crippen LogP contribution >= 0.6 is 7.60 Å². The third kappa shape index (κ3) is 8.29. The molecule has 0 radical (unpaired) electrons. The minimum absolute atomic E-state index is 0.142. The van der Waals surface area contributed by atoms with Crippen molar-refractivity contribution in [1.82, 2.24) is 5.32 Å². The van der Waals surface area contributed by atoms with E-state index in [0.717, 1.165) is 5.56 Å². The number of hydrogen-bond acceptors (Lipinski definition) is 6. The largest absolute Gasteiger partial charge is 0.464 e. The van der Waals surface area contributed by atoms with E-state index in [0.29, 0.717) is 6.42 Å². The molecule has 0 saturated heterocycles. The van der Waals surface area contributed by atoms with E-state index in [9.17, 15) is 14.2 Å². The summed E-state index contributed by atoms with van der Waals surface area (Å²) in [7, 11) is -3.75. The van der Waals surface area contributed by atoms with Gasteiger partial charge in [0.2, 0.25) is 5.91 Å². The Kier molecular flexibility index (Phi) is 11.2. The Morgan fingerprint density at radius 3 is 2.07 bits per heavy atom. The van der Waals surface area contributed by atoms with Crippen LogP contribution < -0.4 is 5.32 Å². The minimum Gasteiger partial charge on any atom is -0.464 e. The second-order valence-electron chi connectivity index (χ2n) is 7.02. The predicted molar refractivity (Wildman–Crippen MR) is 113 cm³/mol. The van der Waals surface area contributed by atoms with E-state index in [2.05, 4.69) is 5.32 Å². The molecular weight excluding hydrogens is 393 g/mol. The van der Waals surface area contributed by atoms with Crippen LogP contribution in [0.5, 0.6) is 0 Å². The van der Waals surface area contributed by atoms with Crippen LogP contribution in [0, 0.1) is 5.92 Å². The van der Waals surface area contributed by atoms with E-state index < -0.39 is 31.2 Å². The Morgan fingerprint density at radius 2 is 1.59 bits per heavy atom. The zero-order valence-electron chi connectivity index (χ0n) is 18.1. The van der Waals surface area contributed by atoms with Crippen LogP contribution in [0.3, 0.4) is 0 Å². The van der Waals surface area contributed by atoms with Gasteiger partial charge in [0.05, 0.1) is 19.8 Å². The molecule has 0 aromatic heterocycles. The van der Waals surface area contributed by atoms with Gasteiger partial charge < -0.3 is 19.1 Å². The first kappa shape index (κ1) is 25.3. The molecule has 0 fully saturated rings. The van der Waals surface area contributed by atoms with Crippen molar-refractivity contribution in [3.05, 3.63) is 35.9 Å². The number of rotatable bonds is 13. The van der Waals surface area contributed by atoms with Gasteiger partial charge in [-0.25, -0.2) is 4.79 Å². The van der Waals surface area contributed by atoms with Gasteiger partial charge in [-0.15, -0.1) is 0 Å². The Hall–Kier alpha value is -1.69. The first-order valence-electron chi connectivity index (χ1n) is 10.2. The van der Waals surface area contributed by atoms with Crippen LogP contribution in [0.4, 0.5) is 0 Å². The molecule has 1 amide bonds. The lowest BCUT2D eigenvalue weighted by molar-refractivity contribution is -0.147. The molecule has 2 atom stereocenters. The lowest BCUT2D eigenvalue weighted by atomic mass is 10.0. The van der Waals surface area contributed by atoms with Gasteiger partial charge >= 0.3 is 13.6 Å². The molecule has 0 spiro atoms. The number of esters is 1. The standard InChI is InChI=1S/C21H34NO6P/c1-6-26-21(24)18(14-16(4)5)22-20(23)19(15-17-12-10-9-11-13-17)29(25,27-7-2)28-8-3/h9-13,16,18-19H,6-8,14-15H2,1-5H3,(H,22,23)/t18-,19?/m0/s1. The van der Waals surface area contributed by atoms with Gasteiger partial charge in [0.1, 0.15) is 11.7 Å². The third-order valence-electron chi connectivity index (χ3n) is 4.17. The second-order valence-corrected chi connectivity index (χ2v) is 9.24. The van der Waals surface area contributed by atoms with Gasteiger partial charge in [-0.2, -0.15) is 0 Å². The number of carbonyl (C=O) groups excluding carboxylic acids is 2. The average molecular weight is 427 g/mol. The number of hydrogen-bond donors (Lipinski definition) is 1. The molecule has 1 aromatic rings. The lowest BCUT2D eigenvalue weighted by Gasteiger charge is -2.27. The van der Waals surface area contributed by atoms with Crippen molar-refractivity contribution >= 4 is 19.5 Å². The van der Waals surface area contributed by atoms with Crippen LogP contribution in [-0.4, -0.2) is 43.4 Å². The monoisotopic (exact) mass is 427 g/mol. The van der Waals surface area contributed by atoms with Crippen molar-refractivity contribution in [3.63, 3.8) is 0 Å². The fourth-order valence-corrected chi connectivity index (χ4v) is 4.91. The van der Waals surface area contributed by atoms with Gasteiger partial charge in [0, 0.05) is 0 Å². The molecule has 164 valence electrons. The molecule has 1 rings (SSSR count). The Bertz CT molecular complexity index is 669. The minimum atomic E-state index is -3.75. The molecule has 1 N–H and O–H groups in total. The van der Waals surface area contributed by atoms with E-state index in [1.807, 2.05) is 44.2 Å². The highest BCUT2D eigenvalue weighted by atomic mass is 31.2. The molecule has 0 heterocycles. The molecule has 0 saturated carbocycles. The van der Waals surface area contributed by atoms with E-state index in [-0.39, 0.29) is 32.2 Å². The smallest absolute Gasteiger partial charge is 0.343 e. The fourth-order valence-electron chi connectivity index (χ4n) is 2.96. The van der Waals surface area contributed by atoms with Gasteiger partial charge in [-0.1, -0.05) is 44.2 Å². The summed E-state index contributed by atoms with van der Waals surface area (Å²) in [6.07, 6.45) is 0.581. The van der Waals surface area contributed by atoms with E-state index >= 15 is 0 Å². The summed E-state index contributed by atoms with van der Waals surface area (Å²) in [4.78, 5) is 25.5. The maximum absolute atomic E-state index is 13.4. The first-order chi connectivity index (χ1) is 13.8. The Balaban J connectivity index is 3.18. The Labute approximate surface area is 174 Å². The van der Waals surface area contributed by atoms with Crippen molar-refractivity contribution < 1.29 is 27.9 Å². The first-order valence-corrected chi connectivity index (χ1v) is 11.8. The molecule has 1 unspecified atom stereocenters. The zero-order valence-corrected chi connectivity index (χ0v) is 18.9. The molecule has 8 heteroatoms. The summed E-state index contributed by atoms with van der Waals surface area (Å²) in [5.74, 6) is -0.892. The maximum atomic E-state index is 13.4. The number of amides is 1. The number of nitrogens with one attached hydrogen (secondary N) is 1. The highest BCUT2D eigenvalue weighted by molar-refractivity contribution is 7.55. The molecule has 7 nitrogen and oxygen atoms in total. The van der Waals surface area contributed by atoms with Gasteiger partial charge in [0.25, 0.3) is 0 Å². The summed E-state index contributed by atoms with van der Waals surface area (Å²) in [6, 6.07) is 8.42. The van der Waals surface area contributed by atoms with Crippen molar-refractivity contribution in [2.45, 2.75) is 59.2 Å². The molecule has 1 aromatic carbocycles. The lowest BCUT2D eigenvalue weighted by Crippen LogP contribution is -2.47. The normalized spacial score (nSPS) is 13.7. The number of carbonyl (C=O) groups is 2. The Morgan fingerprint density at radius 1 is 1.00 bits per heavy atom. The van der Waals surface area contributed by atoms with Gasteiger partial charge in [0.15, 0.2) is 0 Å². The van der Waals surface area contributed by atoms with E-state index in [4.69, 9.17) is 13.8 Å². The summed E-state index contributed by atoms with van der Waals surface area (Å²) in [5.41, 5.74) is -0.252. The van der Waals surface area contributed by atoms with Crippen molar-refractivity contribution in [2.75, 3.05) is 19.8 Å². The molecular formula is C21H34NO6P. The highest BCUT2D eigenvalue weighted by Gasteiger charge is 2.42. The average Bonchev–Trinajstić information content (AvgIpc) is 2.66. The van der Waals surface area contributed by atoms with Crippen LogP contribution in [0.1, 0.15) is 46.6 Å². The second kappa shape index (κ2) is 12.8. The molecule has 0 bridgehead atoms. The van der Waals surface area contributed by atoms with Crippen LogP contribution in [-0.2, 0) is 34.4 Å². The number of ether oxygens (including phenoxy) is 1. The maximum Gasteiger partial charge on any atom is 0.343 e. The summed E-state index contributed by atoms with van der Waals surface area (Å²) in [5, 5.41) is 2.73. The molecule has 0 aliphatic rings. The topological polar surface area (TPSA) is 90.9 Å². The highest BCUT2D eigenvalue weighted by Crippen LogP contribution is 2.54. The van der Waals surface area contributed by atoms with Crippen molar-refractivity contribution in [1.29, 1.82) is 0 Å². The van der Waals surface area contributed by atoms with Gasteiger partial charge in [-0.05, 0) is 45.1 Å². The molecule has 0 aliphatic carbocycles. The van der Waals surface area contributed by atoms with E-state index in [1.54, 1.807) is 20.8 Å². The summed E-state index contributed by atoms with van der Waals surface area (Å²) >= 11 is 0. The summed E-state index contributed by atoms with van der Waals surface area (Å²) in [6.45, 7) is 9.51. The van der Waals surface area contributed by atoms with Gasteiger partial charge in [-0.3, -0.25) is 9.36 Å². The van der Waals surface area contributed by atoms with Crippen molar-refractivity contribution in [3.8, 4) is 0 Å². The zero-order chi connectivity index (χ0) is 21.9. The SMILES string of the molecule is CCOC(=O)[C@H](CC(C)C)NC(=O)C(Cc1ccccc1)P(=O)(OCC)OCC. The van der Waals surface area contributed by atoms with Crippen LogP contribution in [0.2, 0.25) is 0 Å². The third-order valence-corrected chi connectivity index (χ3v) is 6.59. The van der Waals surface area contributed by atoms with E-state index in [1.165, 1.54) is 0 Å². The van der Waals surface area contributed by atoms with Crippen LogP contribution in [0.15, 0.2) is 30.3 Å². The van der Waals surface area contributed by atoms with Crippen LogP contribution in [0.25, 0.3) is 0 Å². The molecule has 29 heavy (non-hydrogen) atoms. The summed E-state index contributed by atoms with van der Waals surface area (Å²) < 4.78 is 29.4.